The Morgan fingerprint density at radius 1 is 0.882 bits per heavy atom. The predicted molar refractivity (Wildman–Crippen MR) is 129 cm³/mol. The van der Waals surface area contributed by atoms with E-state index in [4.69, 9.17) is 16.3 Å². The third-order valence-electron chi connectivity index (χ3n) is 4.65. The molecular weight excluding hydrogens is 476 g/mol. The van der Waals surface area contributed by atoms with Crippen molar-refractivity contribution in [3.05, 3.63) is 107 Å². The van der Waals surface area contributed by atoms with E-state index in [2.05, 4.69) is 20.0 Å². The molecule has 0 aliphatic carbocycles. The second-order valence-corrected chi connectivity index (χ2v) is 9.21. The Kier molecular flexibility index (Phi) is 7.05. The summed E-state index contributed by atoms with van der Waals surface area (Å²) in [6.45, 7) is 0.349. The van der Waals surface area contributed by atoms with Crippen LogP contribution < -0.4 is 14.8 Å². The molecule has 4 rings (SSSR count). The Morgan fingerprint density at radius 2 is 1.53 bits per heavy atom. The van der Waals surface area contributed by atoms with Crippen LogP contribution >= 0.6 is 11.6 Å². The zero-order valence-corrected chi connectivity index (χ0v) is 19.3. The number of nitrogens with one attached hydrogen (secondary N) is 2. The minimum absolute atomic E-state index is 0.0167. The van der Waals surface area contributed by atoms with Crippen LogP contribution in [0.3, 0.4) is 0 Å². The van der Waals surface area contributed by atoms with Gasteiger partial charge >= 0.3 is 0 Å². The summed E-state index contributed by atoms with van der Waals surface area (Å²) in [5.41, 5.74) is 1.81. The number of halogens is 1. The van der Waals surface area contributed by atoms with Gasteiger partial charge in [0.1, 0.15) is 12.4 Å². The average molecular weight is 495 g/mol. The molecule has 34 heavy (non-hydrogen) atoms. The molecule has 0 aliphatic heterocycles. The smallest absolute Gasteiger partial charge is 0.264 e. The van der Waals surface area contributed by atoms with Gasteiger partial charge in [-0.3, -0.25) is 4.79 Å². The van der Waals surface area contributed by atoms with E-state index < -0.39 is 10.0 Å². The maximum Gasteiger partial charge on any atom is 0.264 e. The quantitative estimate of drug-likeness (QED) is 0.365. The van der Waals surface area contributed by atoms with E-state index >= 15 is 0 Å². The Bertz CT molecular complexity index is 1360. The van der Waals surface area contributed by atoms with Gasteiger partial charge < -0.3 is 10.1 Å². The van der Waals surface area contributed by atoms with Gasteiger partial charge in [-0.2, -0.15) is 0 Å². The van der Waals surface area contributed by atoms with E-state index in [0.29, 0.717) is 28.6 Å². The highest BCUT2D eigenvalue weighted by molar-refractivity contribution is 7.92. The summed E-state index contributed by atoms with van der Waals surface area (Å²) >= 11 is 5.86. The van der Waals surface area contributed by atoms with Crippen LogP contribution in [0.4, 0.5) is 11.6 Å². The van der Waals surface area contributed by atoms with Crippen molar-refractivity contribution in [1.29, 1.82) is 0 Å². The maximum atomic E-state index is 12.6. The van der Waals surface area contributed by atoms with Gasteiger partial charge in [-0.15, -0.1) is 0 Å². The molecule has 0 unspecified atom stereocenters. The first-order chi connectivity index (χ1) is 16.4. The Morgan fingerprint density at radius 3 is 2.18 bits per heavy atom. The van der Waals surface area contributed by atoms with Crippen molar-refractivity contribution in [3.63, 3.8) is 0 Å². The minimum atomic E-state index is -3.85. The van der Waals surface area contributed by atoms with Gasteiger partial charge in [-0.25, -0.2) is 23.1 Å². The van der Waals surface area contributed by atoms with Crippen molar-refractivity contribution < 1.29 is 17.9 Å². The Labute approximate surface area is 201 Å². The number of sulfonamides is 1. The fraction of sp³-hybridized carbons (Fsp3) is 0.0417. The number of ether oxygens (including phenoxy) is 1. The van der Waals surface area contributed by atoms with E-state index in [9.17, 15) is 13.2 Å². The summed E-state index contributed by atoms with van der Waals surface area (Å²) in [6, 6.07) is 21.4. The van der Waals surface area contributed by atoms with E-state index in [0.717, 1.165) is 5.56 Å². The molecule has 172 valence electrons. The number of aromatic nitrogens is 2. The number of nitrogens with zero attached hydrogens (tertiary/aromatic N) is 2. The molecular formula is C24H19ClN4O4S. The molecule has 0 aliphatic rings. The topological polar surface area (TPSA) is 110 Å². The predicted octanol–water partition coefficient (Wildman–Crippen LogP) is 4.76. The number of anilines is 2. The van der Waals surface area contributed by atoms with Crippen LogP contribution in [0, 0.1) is 0 Å². The highest BCUT2D eigenvalue weighted by atomic mass is 35.5. The summed E-state index contributed by atoms with van der Waals surface area (Å²) in [7, 11) is -3.85. The summed E-state index contributed by atoms with van der Waals surface area (Å²) in [4.78, 5) is 20.3. The normalized spacial score (nSPS) is 11.0. The minimum Gasteiger partial charge on any atom is -0.489 e. The summed E-state index contributed by atoms with van der Waals surface area (Å²) in [5.74, 6) is 0.349. The molecule has 0 bridgehead atoms. The van der Waals surface area contributed by atoms with E-state index in [1.807, 2.05) is 0 Å². The molecule has 0 saturated heterocycles. The second kappa shape index (κ2) is 10.3. The summed E-state index contributed by atoms with van der Waals surface area (Å²) < 4.78 is 32.9. The van der Waals surface area contributed by atoms with Crippen LogP contribution in [0.15, 0.2) is 96.2 Å². The van der Waals surface area contributed by atoms with Crippen LogP contribution in [0.1, 0.15) is 15.9 Å². The molecule has 8 nitrogen and oxygen atoms in total. The second-order valence-electron chi connectivity index (χ2n) is 7.10. The fourth-order valence-electron chi connectivity index (χ4n) is 2.90. The van der Waals surface area contributed by atoms with Gasteiger partial charge in [0.2, 0.25) is 5.95 Å². The highest BCUT2D eigenvalue weighted by Crippen LogP contribution is 2.19. The van der Waals surface area contributed by atoms with Crippen molar-refractivity contribution in [2.75, 3.05) is 10.0 Å². The Balaban J connectivity index is 1.34. The molecule has 0 saturated carbocycles. The standard InChI is InChI=1S/C24H19ClN4O4S/c25-19-6-10-21(11-7-19)33-16-17-2-4-18(5-3-17)23(30)28-20-8-12-22(13-9-20)34(31,32)29-24-26-14-1-15-27-24/h1-15H,16H2,(H,28,30)(H,26,27,29). The highest BCUT2D eigenvalue weighted by Gasteiger charge is 2.16. The van der Waals surface area contributed by atoms with Crippen LogP contribution in [0.2, 0.25) is 5.02 Å². The number of hydrogen-bond donors (Lipinski definition) is 2. The number of amides is 1. The lowest BCUT2D eigenvalue weighted by Gasteiger charge is -2.09. The van der Waals surface area contributed by atoms with Crippen LogP contribution in [-0.4, -0.2) is 24.3 Å². The molecule has 4 aromatic rings. The first-order valence-electron chi connectivity index (χ1n) is 10.1. The van der Waals surface area contributed by atoms with Gasteiger partial charge in [0.15, 0.2) is 0 Å². The first-order valence-corrected chi connectivity index (χ1v) is 11.9. The molecule has 0 radical (unpaired) electrons. The van der Waals surface area contributed by atoms with Gasteiger partial charge in [0.05, 0.1) is 4.90 Å². The number of benzene rings is 3. The Hall–Kier alpha value is -3.95. The van der Waals surface area contributed by atoms with Crippen molar-refractivity contribution in [2.45, 2.75) is 11.5 Å². The number of rotatable bonds is 8. The lowest BCUT2D eigenvalue weighted by molar-refractivity contribution is 0.102. The van der Waals surface area contributed by atoms with Gasteiger partial charge in [-0.05, 0) is 72.3 Å². The molecule has 0 fully saturated rings. The largest absolute Gasteiger partial charge is 0.489 e. The average Bonchev–Trinajstić information content (AvgIpc) is 2.85. The van der Waals surface area contributed by atoms with Crippen molar-refractivity contribution >= 4 is 39.2 Å². The fourth-order valence-corrected chi connectivity index (χ4v) is 3.99. The molecule has 1 aromatic heterocycles. The zero-order chi connectivity index (χ0) is 24.0. The van der Waals surface area contributed by atoms with E-state index in [1.54, 1.807) is 54.6 Å². The van der Waals surface area contributed by atoms with E-state index in [1.165, 1.54) is 36.7 Å². The maximum absolute atomic E-state index is 12.6. The van der Waals surface area contributed by atoms with Crippen LogP contribution in [-0.2, 0) is 16.6 Å². The summed E-state index contributed by atoms with van der Waals surface area (Å²) in [6.07, 6.45) is 2.87. The molecule has 1 amide bonds. The lowest BCUT2D eigenvalue weighted by Crippen LogP contribution is -2.15. The lowest BCUT2D eigenvalue weighted by atomic mass is 10.1. The van der Waals surface area contributed by atoms with Crippen LogP contribution in [0.25, 0.3) is 0 Å². The molecule has 2 N–H and O–H groups in total. The van der Waals surface area contributed by atoms with Crippen molar-refractivity contribution in [1.82, 2.24) is 9.97 Å². The van der Waals surface area contributed by atoms with Gasteiger partial charge in [0, 0.05) is 28.7 Å². The molecule has 3 aromatic carbocycles. The van der Waals surface area contributed by atoms with Crippen molar-refractivity contribution in [2.24, 2.45) is 0 Å². The van der Waals surface area contributed by atoms with Crippen LogP contribution in [0.5, 0.6) is 5.75 Å². The number of carbonyl (C=O) groups is 1. The van der Waals surface area contributed by atoms with Gasteiger partial charge in [-0.1, -0.05) is 23.7 Å². The summed E-state index contributed by atoms with van der Waals surface area (Å²) in [5, 5.41) is 3.38. The first kappa shape index (κ1) is 23.2. The zero-order valence-electron chi connectivity index (χ0n) is 17.7. The SMILES string of the molecule is O=C(Nc1ccc(S(=O)(=O)Nc2ncccn2)cc1)c1ccc(COc2ccc(Cl)cc2)cc1. The number of carbonyl (C=O) groups excluding carboxylic acids is 1. The third kappa shape index (κ3) is 6.09. The molecule has 0 atom stereocenters. The molecule has 0 spiro atoms. The van der Waals surface area contributed by atoms with Gasteiger partial charge in [0.25, 0.3) is 15.9 Å². The monoisotopic (exact) mass is 494 g/mol. The third-order valence-corrected chi connectivity index (χ3v) is 6.25. The van der Waals surface area contributed by atoms with E-state index in [-0.39, 0.29) is 16.8 Å². The molecule has 1 heterocycles. The molecule has 10 heteroatoms. The number of hydrogen-bond acceptors (Lipinski definition) is 6. The van der Waals surface area contributed by atoms with Crippen molar-refractivity contribution in [3.8, 4) is 5.75 Å².